The summed E-state index contributed by atoms with van der Waals surface area (Å²) in [6.45, 7) is 1.31. The number of carbonyl (C=O) groups is 3. The molecule has 0 bridgehead atoms. The van der Waals surface area contributed by atoms with Gasteiger partial charge in [0.15, 0.2) is 0 Å². The zero-order valence-electron chi connectivity index (χ0n) is 11.7. The highest BCUT2D eigenvalue weighted by Gasteiger charge is 2.41. The van der Waals surface area contributed by atoms with Gasteiger partial charge in [-0.15, -0.1) is 0 Å². The molecular weight excluding hydrogens is 262 g/mol. The van der Waals surface area contributed by atoms with Crippen LogP contribution in [0.15, 0.2) is 11.1 Å². The monoisotopic (exact) mass is 281 g/mol. The smallest absolute Gasteiger partial charge is 0.313 e. The van der Waals surface area contributed by atoms with Crippen LogP contribution in [0.25, 0.3) is 0 Å². The highest BCUT2D eigenvalue weighted by molar-refractivity contribution is 6.19. The first kappa shape index (κ1) is 14.7. The van der Waals surface area contributed by atoms with E-state index in [9.17, 15) is 19.5 Å². The van der Waals surface area contributed by atoms with Gasteiger partial charge in [0.1, 0.15) is 5.92 Å². The van der Waals surface area contributed by atoms with E-state index < -0.39 is 18.0 Å². The van der Waals surface area contributed by atoms with Crippen molar-refractivity contribution in [1.29, 1.82) is 0 Å². The van der Waals surface area contributed by atoms with E-state index in [1.807, 2.05) is 0 Å². The number of rotatable bonds is 4. The third-order valence-corrected chi connectivity index (χ3v) is 3.94. The van der Waals surface area contributed by atoms with E-state index in [4.69, 9.17) is 0 Å². The molecule has 0 aromatic rings. The van der Waals surface area contributed by atoms with Gasteiger partial charge < -0.3 is 9.84 Å². The first-order valence-electron chi connectivity index (χ1n) is 6.81. The normalized spacial score (nSPS) is 21.9. The molecule has 2 atom stereocenters. The lowest BCUT2D eigenvalue weighted by Gasteiger charge is -2.23. The molecule has 0 saturated heterocycles. The molecule has 0 fully saturated rings. The van der Waals surface area contributed by atoms with Crippen LogP contribution in [0.3, 0.4) is 0 Å². The molecule has 0 spiro atoms. The number of methoxy groups -OCH3 is 1. The number of hydrogen-bond donors (Lipinski definition) is 1. The summed E-state index contributed by atoms with van der Waals surface area (Å²) >= 11 is 0. The third-order valence-electron chi connectivity index (χ3n) is 3.94. The topological polar surface area (TPSA) is 83.9 Å². The van der Waals surface area contributed by atoms with Crippen LogP contribution in [0, 0.1) is 5.92 Å². The van der Waals surface area contributed by atoms with Crippen LogP contribution in [0.4, 0.5) is 0 Å². The average molecular weight is 281 g/mol. The molecule has 0 saturated carbocycles. The van der Waals surface area contributed by atoms with Crippen molar-refractivity contribution in [3.05, 3.63) is 11.1 Å². The van der Waals surface area contributed by atoms with Crippen molar-refractivity contribution in [3.8, 4) is 0 Å². The molecule has 110 valence electrons. The number of hydrogen-bond acceptors (Lipinski definition) is 5. The van der Waals surface area contributed by atoms with Gasteiger partial charge in [0.05, 0.1) is 13.2 Å². The maximum atomic E-state index is 12.2. The van der Waals surface area contributed by atoms with Gasteiger partial charge in [0, 0.05) is 17.7 Å². The molecule has 0 aromatic carbocycles. The number of aliphatic hydroxyl groups excluding tert-OH is 1. The van der Waals surface area contributed by atoms with E-state index in [0.29, 0.717) is 24.0 Å². The maximum Gasteiger partial charge on any atom is 0.313 e. The van der Waals surface area contributed by atoms with Gasteiger partial charge in [-0.1, -0.05) is 0 Å². The Bertz CT molecular complexity index is 452. The van der Waals surface area contributed by atoms with Crippen molar-refractivity contribution >= 4 is 17.8 Å². The summed E-state index contributed by atoms with van der Waals surface area (Å²) in [4.78, 5) is 37.2. The SMILES string of the molecule is COC(=O)[C@H](CN1C(=O)C2=C(CCCC2)C1=O)[C@@H](C)O. The predicted octanol–water partition coefficient (Wildman–Crippen LogP) is 0.396. The average Bonchev–Trinajstić information content (AvgIpc) is 2.68. The first-order chi connectivity index (χ1) is 9.47. The zero-order valence-corrected chi connectivity index (χ0v) is 11.7. The quantitative estimate of drug-likeness (QED) is 0.595. The van der Waals surface area contributed by atoms with Gasteiger partial charge in [0.25, 0.3) is 11.8 Å². The predicted molar refractivity (Wildman–Crippen MR) is 69.4 cm³/mol. The number of imide groups is 1. The van der Waals surface area contributed by atoms with Crippen LogP contribution in [-0.4, -0.2) is 47.5 Å². The van der Waals surface area contributed by atoms with E-state index in [-0.39, 0.29) is 18.4 Å². The second-order valence-corrected chi connectivity index (χ2v) is 5.26. The Morgan fingerprint density at radius 2 is 1.75 bits per heavy atom. The minimum atomic E-state index is -0.985. The largest absolute Gasteiger partial charge is 0.469 e. The fraction of sp³-hybridized carbons (Fsp3) is 0.643. The Morgan fingerprint density at radius 3 is 2.15 bits per heavy atom. The molecule has 2 amide bonds. The molecular formula is C14H19NO5. The Balaban J connectivity index is 2.16. The van der Waals surface area contributed by atoms with Gasteiger partial charge in [-0.25, -0.2) is 0 Å². The van der Waals surface area contributed by atoms with Gasteiger partial charge in [0.2, 0.25) is 0 Å². The number of esters is 1. The van der Waals surface area contributed by atoms with E-state index in [1.54, 1.807) is 0 Å². The molecule has 1 N–H and O–H groups in total. The van der Waals surface area contributed by atoms with E-state index in [1.165, 1.54) is 14.0 Å². The van der Waals surface area contributed by atoms with Gasteiger partial charge in [-0.2, -0.15) is 0 Å². The van der Waals surface area contributed by atoms with Gasteiger partial charge in [-0.05, 0) is 32.6 Å². The standard InChI is InChI=1S/C14H19NO5/c1-8(16)11(14(19)20-2)7-15-12(17)9-5-3-4-6-10(9)13(15)18/h8,11,16H,3-7H2,1-2H3/t8-,11-/m1/s1. The van der Waals surface area contributed by atoms with Crippen LogP contribution in [0.2, 0.25) is 0 Å². The summed E-state index contributed by atoms with van der Waals surface area (Å²) in [6, 6.07) is 0. The van der Waals surface area contributed by atoms with Crippen molar-refractivity contribution in [2.75, 3.05) is 13.7 Å². The molecule has 6 nitrogen and oxygen atoms in total. The highest BCUT2D eigenvalue weighted by Crippen LogP contribution is 2.33. The molecule has 0 aromatic heterocycles. The summed E-state index contributed by atoms with van der Waals surface area (Å²) < 4.78 is 4.61. The summed E-state index contributed by atoms with van der Waals surface area (Å²) in [5.74, 6) is -2.17. The molecule has 6 heteroatoms. The number of nitrogens with zero attached hydrogens (tertiary/aromatic N) is 1. The van der Waals surface area contributed by atoms with Crippen LogP contribution in [0.5, 0.6) is 0 Å². The lowest BCUT2D eigenvalue weighted by molar-refractivity contribution is -0.151. The Morgan fingerprint density at radius 1 is 1.25 bits per heavy atom. The highest BCUT2D eigenvalue weighted by atomic mass is 16.5. The third kappa shape index (κ3) is 2.47. The maximum absolute atomic E-state index is 12.2. The van der Waals surface area contributed by atoms with Crippen molar-refractivity contribution in [2.24, 2.45) is 5.92 Å². The lowest BCUT2D eigenvalue weighted by atomic mass is 9.93. The Labute approximate surface area is 117 Å². The summed E-state index contributed by atoms with van der Waals surface area (Å²) in [6.07, 6.45) is 2.06. The van der Waals surface area contributed by atoms with Crippen LogP contribution >= 0.6 is 0 Å². The van der Waals surface area contributed by atoms with Gasteiger partial charge >= 0.3 is 5.97 Å². The Kier molecular flexibility index (Phi) is 4.23. The molecule has 20 heavy (non-hydrogen) atoms. The number of carbonyl (C=O) groups excluding carboxylic acids is 3. The summed E-state index contributed by atoms with van der Waals surface area (Å²) in [5, 5.41) is 9.64. The molecule has 1 heterocycles. The number of amides is 2. The molecule has 1 aliphatic carbocycles. The molecule has 0 radical (unpaired) electrons. The van der Waals surface area contributed by atoms with Crippen molar-refractivity contribution < 1.29 is 24.2 Å². The minimum Gasteiger partial charge on any atom is -0.469 e. The van der Waals surface area contributed by atoms with E-state index >= 15 is 0 Å². The van der Waals surface area contributed by atoms with Crippen molar-refractivity contribution in [2.45, 2.75) is 38.7 Å². The second kappa shape index (κ2) is 5.75. The summed E-state index contributed by atoms with van der Waals surface area (Å²) in [7, 11) is 1.22. The molecule has 2 rings (SSSR count). The zero-order chi connectivity index (χ0) is 14.9. The van der Waals surface area contributed by atoms with Crippen LogP contribution in [0.1, 0.15) is 32.6 Å². The molecule has 1 aliphatic heterocycles. The van der Waals surface area contributed by atoms with Crippen LogP contribution < -0.4 is 0 Å². The lowest BCUT2D eigenvalue weighted by Crippen LogP contribution is -2.42. The van der Waals surface area contributed by atoms with Gasteiger partial charge in [-0.3, -0.25) is 19.3 Å². The fourth-order valence-electron chi connectivity index (χ4n) is 2.73. The second-order valence-electron chi connectivity index (χ2n) is 5.26. The van der Waals surface area contributed by atoms with Crippen molar-refractivity contribution in [3.63, 3.8) is 0 Å². The number of ether oxygens (including phenoxy) is 1. The fourth-order valence-corrected chi connectivity index (χ4v) is 2.73. The molecule has 0 unspecified atom stereocenters. The van der Waals surface area contributed by atoms with Crippen molar-refractivity contribution in [1.82, 2.24) is 4.90 Å². The number of aliphatic hydroxyl groups is 1. The molecule has 2 aliphatic rings. The van der Waals surface area contributed by atoms with E-state index in [0.717, 1.165) is 17.7 Å². The first-order valence-corrected chi connectivity index (χ1v) is 6.81. The van der Waals surface area contributed by atoms with Crippen LogP contribution in [-0.2, 0) is 19.1 Å². The summed E-state index contributed by atoms with van der Waals surface area (Å²) in [5.41, 5.74) is 1.16. The Hall–Kier alpha value is -1.69. The minimum absolute atomic E-state index is 0.130. The van der Waals surface area contributed by atoms with E-state index in [2.05, 4.69) is 4.74 Å².